The summed E-state index contributed by atoms with van der Waals surface area (Å²) < 4.78 is 0.244. The fraction of sp³-hybridized carbons (Fsp3) is 0.562. The highest BCUT2D eigenvalue weighted by Crippen LogP contribution is 2.31. The number of hydrogen-bond acceptors (Lipinski definition) is 4. The second-order valence-electron chi connectivity index (χ2n) is 5.59. The first kappa shape index (κ1) is 16.4. The molecule has 1 aliphatic rings. The number of thioether (sulfide) groups is 1. The predicted octanol–water partition coefficient (Wildman–Crippen LogP) is 2.84. The topological polar surface area (TPSA) is 40.5 Å². The third-order valence-electron chi connectivity index (χ3n) is 3.44. The zero-order chi connectivity index (χ0) is 15.3. The van der Waals surface area contributed by atoms with Crippen LogP contribution >= 0.6 is 23.1 Å². The molecule has 0 aliphatic carbocycles. The van der Waals surface area contributed by atoms with Gasteiger partial charge < -0.3 is 10.0 Å². The van der Waals surface area contributed by atoms with Crippen LogP contribution in [-0.4, -0.2) is 46.1 Å². The van der Waals surface area contributed by atoms with E-state index in [2.05, 4.69) is 25.7 Å². The second kappa shape index (κ2) is 7.35. The van der Waals surface area contributed by atoms with E-state index in [9.17, 15) is 4.79 Å². The summed E-state index contributed by atoms with van der Waals surface area (Å²) in [7, 11) is 0. The van der Waals surface area contributed by atoms with Gasteiger partial charge >= 0.3 is 0 Å². The van der Waals surface area contributed by atoms with E-state index in [0.29, 0.717) is 6.42 Å². The molecular weight excluding hydrogens is 302 g/mol. The first-order chi connectivity index (χ1) is 10.0. The number of hydrogen-bond donors (Lipinski definition) is 1. The van der Waals surface area contributed by atoms with Gasteiger partial charge in [-0.3, -0.25) is 4.79 Å². The van der Waals surface area contributed by atoms with Crippen LogP contribution in [0.25, 0.3) is 0 Å². The Hall–Kier alpha value is -0.960. The van der Waals surface area contributed by atoms with Crippen LogP contribution in [-0.2, 0) is 0 Å². The highest BCUT2D eigenvalue weighted by atomic mass is 32.2. The van der Waals surface area contributed by atoms with Gasteiger partial charge in [0.25, 0.3) is 5.91 Å². The van der Waals surface area contributed by atoms with E-state index in [-0.39, 0.29) is 17.3 Å². The van der Waals surface area contributed by atoms with Gasteiger partial charge in [-0.2, -0.15) is 11.8 Å². The van der Waals surface area contributed by atoms with Crippen molar-refractivity contribution in [1.82, 2.24) is 4.90 Å². The van der Waals surface area contributed by atoms with Crippen LogP contribution in [0.2, 0.25) is 0 Å². The quantitative estimate of drug-likeness (QED) is 0.851. The minimum Gasteiger partial charge on any atom is -0.395 e. The van der Waals surface area contributed by atoms with Gasteiger partial charge in [-0.15, -0.1) is 11.3 Å². The molecule has 0 saturated carbocycles. The standard InChI is InChI=1S/C16H21NO2S2/c1-16(2)7-8-17(9-12-21-16)15(19)14-13(6-11-20-14)5-3-4-10-18/h6,11,18H,4,7-10,12H2,1-2H3. The summed E-state index contributed by atoms with van der Waals surface area (Å²) >= 11 is 3.39. The van der Waals surface area contributed by atoms with E-state index >= 15 is 0 Å². The highest BCUT2D eigenvalue weighted by molar-refractivity contribution is 8.00. The molecule has 1 saturated heterocycles. The van der Waals surface area contributed by atoms with Gasteiger partial charge in [0, 0.05) is 35.6 Å². The second-order valence-corrected chi connectivity index (χ2v) is 8.31. The molecule has 2 heterocycles. The monoisotopic (exact) mass is 323 g/mol. The summed E-state index contributed by atoms with van der Waals surface area (Å²) in [5.74, 6) is 6.96. The Balaban J connectivity index is 2.10. The van der Waals surface area contributed by atoms with Crippen LogP contribution in [0, 0.1) is 11.8 Å². The minimum absolute atomic E-state index is 0.0544. The zero-order valence-electron chi connectivity index (χ0n) is 12.5. The van der Waals surface area contributed by atoms with E-state index in [4.69, 9.17) is 5.11 Å². The fourth-order valence-electron chi connectivity index (χ4n) is 2.15. The molecule has 0 spiro atoms. The Morgan fingerprint density at radius 2 is 2.29 bits per heavy atom. The Kier molecular flexibility index (Phi) is 5.74. The lowest BCUT2D eigenvalue weighted by Gasteiger charge is -2.22. The molecule has 114 valence electrons. The molecule has 0 aromatic carbocycles. The summed E-state index contributed by atoms with van der Waals surface area (Å²) in [4.78, 5) is 15.4. The number of carbonyl (C=O) groups excluding carboxylic acids is 1. The van der Waals surface area contributed by atoms with Crippen molar-refractivity contribution in [1.29, 1.82) is 0 Å². The van der Waals surface area contributed by atoms with E-state index in [1.165, 1.54) is 11.3 Å². The minimum atomic E-state index is 0.0544. The summed E-state index contributed by atoms with van der Waals surface area (Å²) in [6.07, 6.45) is 1.46. The van der Waals surface area contributed by atoms with Crippen molar-refractivity contribution in [2.24, 2.45) is 0 Å². The first-order valence-corrected chi connectivity index (χ1v) is 9.00. The van der Waals surface area contributed by atoms with Crippen LogP contribution in [0.15, 0.2) is 11.4 Å². The van der Waals surface area contributed by atoms with E-state index in [0.717, 1.165) is 35.7 Å². The molecule has 0 bridgehead atoms. The molecule has 1 amide bonds. The van der Waals surface area contributed by atoms with Crippen LogP contribution in [0.3, 0.4) is 0 Å². The molecule has 21 heavy (non-hydrogen) atoms. The number of carbonyl (C=O) groups is 1. The van der Waals surface area contributed by atoms with Gasteiger partial charge in [-0.1, -0.05) is 25.7 Å². The molecule has 2 rings (SSSR count). The van der Waals surface area contributed by atoms with Crippen LogP contribution in [0.4, 0.5) is 0 Å². The summed E-state index contributed by atoms with van der Waals surface area (Å²) in [5, 5.41) is 10.7. The van der Waals surface area contributed by atoms with Crippen LogP contribution in [0.1, 0.15) is 41.9 Å². The number of aliphatic hydroxyl groups excluding tert-OH is 1. The Bertz CT molecular complexity index is 554. The third-order valence-corrected chi connectivity index (χ3v) is 5.72. The fourth-order valence-corrected chi connectivity index (χ4v) is 4.07. The number of aliphatic hydroxyl groups is 1. The Morgan fingerprint density at radius 3 is 3.05 bits per heavy atom. The van der Waals surface area contributed by atoms with Gasteiger partial charge in [-0.05, 0) is 17.9 Å². The maximum atomic E-state index is 12.7. The lowest BCUT2D eigenvalue weighted by molar-refractivity contribution is 0.0769. The lowest BCUT2D eigenvalue weighted by Crippen LogP contribution is -2.33. The molecule has 3 nitrogen and oxygen atoms in total. The normalized spacial score (nSPS) is 17.8. The maximum absolute atomic E-state index is 12.7. The SMILES string of the molecule is CC1(C)CCN(C(=O)c2sccc2C#CCCO)CCS1. The Morgan fingerprint density at radius 1 is 1.48 bits per heavy atom. The Labute approximate surface area is 134 Å². The molecule has 1 aliphatic heterocycles. The van der Waals surface area contributed by atoms with E-state index < -0.39 is 0 Å². The molecule has 5 heteroatoms. The van der Waals surface area contributed by atoms with Gasteiger partial charge in [0.2, 0.25) is 0 Å². The summed E-state index contributed by atoms with van der Waals surface area (Å²) in [6.45, 7) is 6.14. The first-order valence-electron chi connectivity index (χ1n) is 7.14. The molecule has 0 radical (unpaired) electrons. The number of nitrogens with zero attached hydrogens (tertiary/aromatic N) is 1. The zero-order valence-corrected chi connectivity index (χ0v) is 14.1. The lowest BCUT2D eigenvalue weighted by atomic mass is 10.1. The maximum Gasteiger partial charge on any atom is 0.265 e. The van der Waals surface area contributed by atoms with Gasteiger partial charge in [0.15, 0.2) is 0 Å². The van der Waals surface area contributed by atoms with Crippen molar-refractivity contribution in [2.45, 2.75) is 31.4 Å². The third kappa shape index (κ3) is 4.50. The average molecular weight is 323 g/mol. The van der Waals surface area contributed by atoms with Gasteiger partial charge in [0.05, 0.1) is 6.61 Å². The predicted molar refractivity (Wildman–Crippen MR) is 90.0 cm³/mol. The average Bonchev–Trinajstić information content (AvgIpc) is 2.82. The van der Waals surface area contributed by atoms with Gasteiger partial charge in [0.1, 0.15) is 4.88 Å². The molecule has 1 N–H and O–H groups in total. The smallest absolute Gasteiger partial charge is 0.265 e. The van der Waals surface area contributed by atoms with E-state index in [1.807, 2.05) is 28.1 Å². The molecule has 1 aromatic rings. The number of rotatable bonds is 2. The molecule has 0 atom stereocenters. The number of thiophene rings is 1. The van der Waals surface area contributed by atoms with Crippen LogP contribution < -0.4 is 0 Å². The largest absolute Gasteiger partial charge is 0.395 e. The van der Waals surface area contributed by atoms with Crippen molar-refractivity contribution in [3.05, 3.63) is 21.9 Å². The van der Waals surface area contributed by atoms with E-state index in [1.54, 1.807) is 0 Å². The molecule has 1 aromatic heterocycles. The highest BCUT2D eigenvalue weighted by Gasteiger charge is 2.27. The summed E-state index contributed by atoms with van der Waals surface area (Å²) in [5.41, 5.74) is 0.787. The molecule has 0 unspecified atom stereocenters. The van der Waals surface area contributed by atoms with Crippen molar-refractivity contribution >= 4 is 29.0 Å². The van der Waals surface area contributed by atoms with Crippen molar-refractivity contribution in [3.63, 3.8) is 0 Å². The van der Waals surface area contributed by atoms with Crippen molar-refractivity contribution in [2.75, 3.05) is 25.4 Å². The summed E-state index contributed by atoms with van der Waals surface area (Å²) in [6, 6.07) is 1.89. The van der Waals surface area contributed by atoms with Crippen LogP contribution in [0.5, 0.6) is 0 Å². The molecule has 1 fully saturated rings. The van der Waals surface area contributed by atoms with Crippen molar-refractivity contribution in [3.8, 4) is 11.8 Å². The van der Waals surface area contributed by atoms with Crippen molar-refractivity contribution < 1.29 is 9.90 Å². The van der Waals surface area contributed by atoms with Gasteiger partial charge in [-0.25, -0.2) is 0 Å². The molecular formula is C16H21NO2S2. The number of amides is 1.